The molecule has 2 aliphatic heterocycles. The number of aromatic amines is 1. The SMILES string of the molecule is Cc1cccnc1-c1nc2cccnc2n1C1CCN(C(=O)C2(F)CCN(Cc3cnc(N)[nH+]c3)CC2)CC1. The van der Waals surface area contributed by atoms with Crippen LogP contribution in [0, 0.1) is 6.92 Å². The number of pyridine rings is 2. The minimum absolute atomic E-state index is 0.0908. The number of carbonyl (C=O) groups is 1. The van der Waals surface area contributed by atoms with Crippen LogP contribution in [0.25, 0.3) is 22.7 Å². The smallest absolute Gasteiger partial charge is 0.340 e. The van der Waals surface area contributed by atoms with E-state index in [1.165, 1.54) is 0 Å². The first-order valence-corrected chi connectivity index (χ1v) is 13.5. The fraction of sp³-hybridized carbons (Fsp3) is 0.429. The van der Waals surface area contributed by atoms with Crippen molar-refractivity contribution in [2.24, 2.45) is 0 Å². The number of nitrogens with two attached hydrogens (primary N) is 1. The largest absolute Gasteiger partial charge is 0.386 e. The van der Waals surface area contributed by atoms with Crippen LogP contribution in [0.2, 0.25) is 0 Å². The summed E-state index contributed by atoms with van der Waals surface area (Å²) in [5.74, 6) is 0.766. The maximum Gasteiger partial charge on any atom is 0.386 e. The number of hydrogen-bond acceptors (Lipinski definition) is 7. The molecule has 6 heterocycles. The Morgan fingerprint density at radius 1 is 1.10 bits per heavy atom. The monoisotopic (exact) mass is 530 g/mol. The van der Waals surface area contributed by atoms with E-state index in [1.54, 1.807) is 23.5 Å². The van der Waals surface area contributed by atoms with Gasteiger partial charge < -0.3 is 9.47 Å². The molecule has 1 amide bonds. The molecule has 11 heteroatoms. The molecule has 202 valence electrons. The zero-order valence-electron chi connectivity index (χ0n) is 22.1. The molecular formula is C28H33FN9O+. The van der Waals surface area contributed by atoms with Crippen LogP contribution < -0.4 is 10.7 Å². The van der Waals surface area contributed by atoms with Crippen molar-refractivity contribution in [1.29, 1.82) is 0 Å². The molecule has 4 aromatic rings. The molecule has 2 aliphatic rings. The van der Waals surface area contributed by atoms with Gasteiger partial charge in [0.1, 0.15) is 17.4 Å². The number of piperidine rings is 2. The number of imidazole rings is 1. The number of carbonyl (C=O) groups excluding carboxylic acids is 1. The van der Waals surface area contributed by atoms with E-state index < -0.39 is 5.67 Å². The lowest BCUT2D eigenvalue weighted by Crippen LogP contribution is -2.54. The van der Waals surface area contributed by atoms with Crippen molar-refractivity contribution < 1.29 is 14.2 Å². The quantitative estimate of drug-likeness (QED) is 0.421. The number of halogens is 1. The first-order chi connectivity index (χ1) is 18.9. The van der Waals surface area contributed by atoms with E-state index in [4.69, 9.17) is 10.7 Å². The van der Waals surface area contributed by atoms with Crippen molar-refractivity contribution in [2.75, 3.05) is 31.9 Å². The molecular weight excluding hydrogens is 497 g/mol. The van der Waals surface area contributed by atoms with Crippen molar-refractivity contribution in [2.45, 2.75) is 50.9 Å². The van der Waals surface area contributed by atoms with E-state index in [9.17, 15) is 4.79 Å². The molecule has 0 aromatic carbocycles. The summed E-state index contributed by atoms with van der Waals surface area (Å²) in [5.41, 5.74) is 8.27. The second kappa shape index (κ2) is 10.3. The normalized spacial score (nSPS) is 18.5. The number of aryl methyl sites for hydroxylation is 1. The fourth-order valence-electron chi connectivity index (χ4n) is 5.79. The Morgan fingerprint density at radius 2 is 1.85 bits per heavy atom. The number of H-pyrrole nitrogens is 1. The molecule has 3 N–H and O–H groups in total. The highest BCUT2D eigenvalue weighted by Gasteiger charge is 2.45. The molecule has 0 saturated carbocycles. The van der Waals surface area contributed by atoms with E-state index >= 15 is 4.39 Å². The number of nitrogens with zero attached hydrogens (tertiary/aromatic N) is 7. The number of nitrogen functional groups attached to an aromatic ring is 1. The summed E-state index contributed by atoms with van der Waals surface area (Å²) in [6.07, 6.45) is 8.87. The molecule has 0 spiro atoms. The Balaban J connectivity index is 1.13. The average molecular weight is 531 g/mol. The maximum absolute atomic E-state index is 15.9. The molecule has 39 heavy (non-hydrogen) atoms. The number of rotatable bonds is 5. The predicted octanol–water partition coefficient (Wildman–Crippen LogP) is 2.76. The Kier molecular flexibility index (Phi) is 6.68. The van der Waals surface area contributed by atoms with Crippen molar-refractivity contribution in [3.05, 3.63) is 60.2 Å². The molecule has 0 bridgehead atoms. The second-order valence-electron chi connectivity index (χ2n) is 10.6. The highest BCUT2D eigenvalue weighted by atomic mass is 19.1. The molecule has 0 atom stereocenters. The predicted molar refractivity (Wildman–Crippen MR) is 144 cm³/mol. The molecule has 6 rings (SSSR count). The van der Waals surface area contributed by atoms with Gasteiger partial charge >= 0.3 is 5.95 Å². The van der Waals surface area contributed by atoms with E-state index in [1.807, 2.05) is 37.4 Å². The Labute approximate surface area is 226 Å². The third-order valence-corrected chi connectivity index (χ3v) is 8.00. The summed E-state index contributed by atoms with van der Waals surface area (Å²) >= 11 is 0. The van der Waals surface area contributed by atoms with Gasteiger partial charge in [0.2, 0.25) is 0 Å². The zero-order chi connectivity index (χ0) is 27.0. The summed E-state index contributed by atoms with van der Waals surface area (Å²) in [5, 5.41) is 0. The molecule has 2 saturated heterocycles. The number of alkyl halides is 1. The van der Waals surface area contributed by atoms with Gasteiger partial charge in [-0.3, -0.25) is 20.4 Å². The van der Waals surface area contributed by atoms with Crippen LogP contribution in [0.3, 0.4) is 0 Å². The highest BCUT2D eigenvalue weighted by Crippen LogP contribution is 2.35. The van der Waals surface area contributed by atoms with Crippen molar-refractivity contribution >= 4 is 23.0 Å². The van der Waals surface area contributed by atoms with Gasteiger partial charge in [-0.25, -0.2) is 19.3 Å². The van der Waals surface area contributed by atoms with Crippen LogP contribution in [0.15, 0.2) is 49.1 Å². The summed E-state index contributed by atoms with van der Waals surface area (Å²) in [6.45, 7) is 4.70. The number of aromatic nitrogens is 6. The first-order valence-electron chi connectivity index (χ1n) is 13.5. The minimum atomic E-state index is -1.83. The minimum Gasteiger partial charge on any atom is -0.340 e. The van der Waals surface area contributed by atoms with Crippen molar-refractivity contribution in [3.8, 4) is 11.5 Å². The number of amides is 1. The van der Waals surface area contributed by atoms with Gasteiger partial charge in [0.05, 0.1) is 6.20 Å². The molecule has 0 aliphatic carbocycles. The van der Waals surface area contributed by atoms with E-state index in [2.05, 4.69) is 29.4 Å². The second-order valence-corrected chi connectivity index (χ2v) is 10.6. The van der Waals surface area contributed by atoms with Crippen LogP contribution in [0.1, 0.15) is 42.9 Å². The van der Waals surface area contributed by atoms with Crippen LogP contribution in [0.4, 0.5) is 10.3 Å². The Hall–Kier alpha value is -3.99. The van der Waals surface area contributed by atoms with E-state index in [0.717, 1.165) is 33.8 Å². The third kappa shape index (κ3) is 4.94. The van der Waals surface area contributed by atoms with Crippen LogP contribution in [-0.4, -0.2) is 72.1 Å². The van der Waals surface area contributed by atoms with E-state index in [0.29, 0.717) is 51.5 Å². The summed E-state index contributed by atoms with van der Waals surface area (Å²) in [4.78, 5) is 38.3. The summed E-state index contributed by atoms with van der Waals surface area (Å²) < 4.78 is 18.1. The van der Waals surface area contributed by atoms with Crippen molar-refractivity contribution in [3.63, 3.8) is 0 Å². The topological polar surface area (TPSA) is 120 Å². The average Bonchev–Trinajstić information content (AvgIpc) is 3.35. The lowest BCUT2D eigenvalue weighted by Gasteiger charge is -2.40. The fourth-order valence-corrected chi connectivity index (χ4v) is 5.79. The number of anilines is 1. The number of likely N-dealkylation sites (tertiary alicyclic amines) is 2. The lowest BCUT2D eigenvalue weighted by molar-refractivity contribution is -0.365. The molecule has 2 fully saturated rings. The van der Waals surface area contributed by atoms with Crippen LogP contribution in [0.5, 0.6) is 0 Å². The van der Waals surface area contributed by atoms with Gasteiger partial charge in [-0.2, -0.15) is 0 Å². The van der Waals surface area contributed by atoms with Crippen molar-refractivity contribution in [1.82, 2.24) is 34.3 Å². The maximum atomic E-state index is 15.9. The molecule has 10 nitrogen and oxygen atoms in total. The summed E-state index contributed by atoms with van der Waals surface area (Å²) in [6, 6.07) is 7.87. The number of hydrogen-bond donors (Lipinski definition) is 1. The van der Waals surface area contributed by atoms with Gasteiger partial charge in [0, 0.05) is 69.6 Å². The Morgan fingerprint density at radius 3 is 2.56 bits per heavy atom. The molecule has 0 unspecified atom stereocenters. The number of nitrogens with one attached hydrogen (secondary N) is 1. The van der Waals surface area contributed by atoms with Crippen LogP contribution >= 0.6 is 0 Å². The van der Waals surface area contributed by atoms with Gasteiger partial charge in [0.15, 0.2) is 17.1 Å². The Bertz CT molecular complexity index is 1470. The standard InChI is InChI=1S/C28H32FN9O/c1-19-4-2-10-31-23(19)25-35-22-5-3-11-32-24(22)38(25)21-6-12-37(13-7-21)26(39)28(29)8-14-36(15-9-28)18-20-16-33-27(30)34-17-20/h2-5,10-11,16-17,21H,6-9,12-15,18H2,1H3,(H2,30,33,34)/p+1. The van der Waals surface area contributed by atoms with Gasteiger partial charge in [-0.15, -0.1) is 0 Å². The van der Waals surface area contributed by atoms with Gasteiger partial charge in [-0.05, 0) is 43.5 Å². The number of fused-ring (bicyclic) bond motifs is 1. The summed E-state index contributed by atoms with van der Waals surface area (Å²) in [7, 11) is 0. The molecule has 4 aromatic heterocycles. The third-order valence-electron chi connectivity index (χ3n) is 8.00. The zero-order valence-corrected chi connectivity index (χ0v) is 22.1. The lowest BCUT2D eigenvalue weighted by atomic mass is 9.90. The highest BCUT2D eigenvalue weighted by molar-refractivity contribution is 5.85. The van der Waals surface area contributed by atoms with E-state index in [-0.39, 0.29) is 24.8 Å². The van der Waals surface area contributed by atoms with Gasteiger partial charge in [-0.1, -0.05) is 11.1 Å². The first kappa shape index (κ1) is 25.3. The van der Waals surface area contributed by atoms with Gasteiger partial charge in [0.25, 0.3) is 5.91 Å². The molecule has 0 radical (unpaired) electrons. The van der Waals surface area contributed by atoms with Crippen LogP contribution in [-0.2, 0) is 11.3 Å².